The normalized spacial score (nSPS) is 11.1. The molecule has 0 bridgehead atoms. The van der Waals surface area contributed by atoms with E-state index in [0.29, 0.717) is 16.4 Å². The minimum absolute atomic E-state index is 0.255. The SMILES string of the molecule is CCn1cc(Br)c(-c2ccnc3cc(C(=O)Nc4cccc(Cl)c4C)nn23)n1. The highest BCUT2D eigenvalue weighted by atomic mass is 79.9. The van der Waals surface area contributed by atoms with E-state index in [1.807, 2.05) is 30.8 Å². The number of carbonyl (C=O) groups is 1. The van der Waals surface area contributed by atoms with Crippen LogP contribution in [0.3, 0.4) is 0 Å². The molecule has 0 saturated carbocycles. The Hall–Kier alpha value is -2.71. The van der Waals surface area contributed by atoms with E-state index in [1.165, 1.54) is 0 Å². The summed E-state index contributed by atoms with van der Waals surface area (Å²) in [5, 5.41) is 12.5. The summed E-state index contributed by atoms with van der Waals surface area (Å²) in [5.74, 6) is -0.333. The van der Waals surface area contributed by atoms with Gasteiger partial charge in [0, 0.05) is 35.7 Å². The zero-order valence-corrected chi connectivity index (χ0v) is 17.5. The number of nitrogens with zero attached hydrogens (tertiary/aromatic N) is 5. The molecule has 1 N–H and O–H groups in total. The summed E-state index contributed by atoms with van der Waals surface area (Å²) < 4.78 is 4.29. The quantitative estimate of drug-likeness (QED) is 0.484. The molecule has 0 radical (unpaired) electrons. The molecule has 0 aliphatic heterocycles. The van der Waals surface area contributed by atoms with Crippen molar-refractivity contribution in [3.05, 3.63) is 63.5 Å². The first-order valence-electron chi connectivity index (χ1n) is 8.62. The predicted molar refractivity (Wildman–Crippen MR) is 112 cm³/mol. The molecule has 0 aliphatic rings. The van der Waals surface area contributed by atoms with Crippen LogP contribution in [0.15, 0.2) is 47.2 Å². The average molecular weight is 460 g/mol. The highest BCUT2D eigenvalue weighted by Gasteiger charge is 2.18. The van der Waals surface area contributed by atoms with Crippen molar-refractivity contribution >= 4 is 44.8 Å². The van der Waals surface area contributed by atoms with Crippen LogP contribution >= 0.6 is 27.5 Å². The second kappa shape index (κ2) is 7.37. The Bertz CT molecular complexity index is 1200. The van der Waals surface area contributed by atoms with Gasteiger partial charge in [-0.1, -0.05) is 17.7 Å². The fourth-order valence-electron chi connectivity index (χ4n) is 2.85. The van der Waals surface area contributed by atoms with Gasteiger partial charge in [0.2, 0.25) is 0 Å². The summed E-state index contributed by atoms with van der Waals surface area (Å²) in [6.07, 6.45) is 3.58. The third-order valence-corrected chi connectivity index (χ3v) is 5.38. The van der Waals surface area contributed by atoms with Gasteiger partial charge in [0.05, 0.1) is 10.2 Å². The fourth-order valence-corrected chi connectivity index (χ4v) is 3.54. The largest absolute Gasteiger partial charge is 0.320 e. The first-order valence-corrected chi connectivity index (χ1v) is 9.79. The topological polar surface area (TPSA) is 77.1 Å². The summed E-state index contributed by atoms with van der Waals surface area (Å²) in [7, 11) is 0. The lowest BCUT2D eigenvalue weighted by atomic mass is 10.2. The van der Waals surface area contributed by atoms with Gasteiger partial charge in [0.15, 0.2) is 11.3 Å². The summed E-state index contributed by atoms with van der Waals surface area (Å²) in [5.41, 5.74) is 3.73. The van der Waals surface area contributed by atoms with Crippen molar-refractivity contribution in [2.24, 2.45) is 0 Å². The van der Waals surface area contributed by atoms with Crippen LogP contribution in [0, 0.1) is 6.92 Å². The summed E-state index contributed by atoms with van der Waals surface area (Å²) in [6.45, 7) is 4.61. The molecule has 1 aromatic carbocycles. The van der Waals surface area contributed by atoms with Gasteiger partial charge in [-0.3, -0.25) is 9.48 Å². The van der Waals surface area contributed by atoms with Crippen molar-refractivity contribution in [1.29, 1.82) is 0 Å². The number of hydrogen-bond donors (Lipinski definition) is 1. The van der Waals surface area contributed by atoms with Gasteiger partial charge in [-0.05, 0) is 53.5 Å². The molecular weight excluding hydrogens is 444 g/mol. The van der Waals surface area contributed by atoms with Gasteiger partial charge in [-0.2, -0.15) is 10.2 Å². The molecule has 142 valence electrons. The van der Waals surface area contributed by atoms with E-state index in [9.17, 15) is 4.79 Å². The highest BCUT2D eigenvalue weighted by Crippen LogP contribution is 2.27. The molecule has 7 nitrogen and oxygen atoms in total. The molecule has 9 heteroatoms. The predicted octanol–water partition coefficient (Wildman–Crippen LogP) is 4.59. The lowest BCUT2D eigenvalue weighted by Crippen LogP contribution is -2.13. The van der Waals surface area contributed by atoms with Crippen LogP contribution in [-0.4, -0.2) is 30.3 Å². The Labute approximate surface area is 174 Å². The zero-order valence-electron chi connectivity index (χ0n) is 15.1. The number of benzene rings is 1. The average Bonchev–Trinajstić information content (AvgIpc) is 3.28. The number of aromatic nitrogens is 5. The third kappa shape index (κ3) is 3.29. The van der Waals surface area contributed by atoms with Gasteiger partial charge in [0.1, 0.15) is 5.69 Å². The van der Waals surface area contributed by atoms with Crippen molar-refractivity contribution in [2.75, 3.05) is 5.32 Å². The molecule has 0 aliphatic carbocycles. The molecule has 0 spiro atoms. The molecule has 0 atom stereocenters. The third-order valence-electron chi connectivity index (χ3n) is 4.39. The van der Waals surface area contributed by atoms with E-state index >= 15 is 0 Å². The molecule has 28 heavy (non-hydrogen) atoms. The Morgan fingerprint density at radius 2 is 2.11 bits per heavy atom. The van der Waals surface area contributed by atoms with Crippen LogP contribution in [0.2, 0.25) is 5.02 Å². The van der Waals surface area contributed by atoms with Gasteiger partial charge in [0.25, 0.3) is 5.91 Å². The van der Waals surface area contributed by atoms with Crippen molar-refractivity contribution in [3.63, 3.8) is 0 Å². The fraction of sp³-hybridized carbons (Fsp3) is 0.158. The van der Waals surface area contributed by atoms with Gasteiger partial charge in [-0.15, -0.1) is 0 Å². The lowest BCUT2D eigenvalue weighted by molar-refractivity contribution is 0.102. The Morgan fingerprint density at radius 1 is 1.29 bits per heavy atom. The minimum Gasteiger partial charge on any atom is -0.320 e. The molecule has 0 saturated heterocycles. The van der Waals surface area contributed by atoms with Gasteiger partial charge >= 0.3 is 0 Å². The van der Waals surface area contributed by atoms with E-state index in [2.05, 4.69) is 36.4 Å². The Morgan fingerprint density at radius 3 is 2.86 bits per heavy atom. The number of nitrogens with one attached hydrogen (secondary N) is 1. The van der Waals surface area contributed by atoms with Crippen molar-refractivity contribution in [1.82, 2.24) is 24.4 Å². The van der Waals surface area contributed by atoms with Crippen molar-refractivity contribution in [3.8, 4) is 11.4 Å². The number of amides is 1. The van der Waals surface area contributed by atoms with Crippen LogP contribution in [0.1, 0.15) is 23.0 Å². The maximum absolute atomic E-state index is 12.7. The number of carbonyl (C=O) groups excluding carboxylic acids is 1. The van der Waals surface area contributed by atoms with E-state index in [1.54, 1.807) is 35.0 Å². The molecule has 4 rings (SSSR count). The first-order chi connectivity index (χ1) is 13.5. The van der Waals surface area contributed by atoms with Crippen LogP contribution in [0.4, 0.5) is 5.69 Å². The number of anilines is 1. The molecule has 4 aromatic rings. The van der Waals surface area contributed by atoms with E-state index in [0.717, 1.165) is 28.0 Å². The minimum atomic E-state index is -0.333. The van der Waals surface area contributed by atoms with Crippen LogP contribution < -0.4 is 5.32 Å². The standard InChI is InChI=1S/C19H16BrClN6O/c1-3-26-10-12(20)18(25-26)16-7-8-22-17-9-15(24-27(16)17)19(28)23-14-6-4-5-13(21)11(14)2/h4-10H,3H2,1-2H3,(H,23,28). The number of aryl methyl sites for hydroxylation is 1. The van der Waals surface area contributed by atoms with Crippen molar-refractivity contribution in [2.45, 2.75) is 20.4 Å². The monoisotopic (exact) mass is 458 g/mol. The maximum Gasteiger partial charge on any atom is 0.276 e. The van der Waals surface area contributed by atoms with E-state index in [4.69, 9.17) is 11.6 Å². The molecule has 3 aromatic heterocycles. The molecule has 3 heterocycles. The van der Waals surface area contributed by atoms with Crippen LogP contribution in [-0.2, 0) is 6.54 Å². The Kier molecular flexibility index (Phi) is 4.91. The molecule has 0 unspecified atom stereocenters. The van der Waals surface area contributed by atoms with Crippen molar-refractivity contribution < 1.29 is 4.79 Å². The van der Waals surface area contributed by atoms with E-state index < -0.39 is 0 Å². The summed E-state index contributed by atoms with van der Waals surface area (Å²) >= 11 is 9.67. The summed E-state index contributed by atoms with van der Waals surface area (Å²) in [4.78, 5) is 17.0. The van der Waals surface area contributed by atoms with Crippen LogP contribution in [0.5, 0.6) is 0 Å². The first kappa shape index (κ1) is 18.6. The van der Waals surface area contributed by atoms with E-state index in [-0.39, 0.29) is 11.6 Å². The number of rotatable bonds is 4. The number of halogens is 2. The highest BCUT2D eigenvalue weighted by molar-refractivity contribution is 9.10. The number of hydrogen-bond acceptors (Lipinski definition) is 4. The summed E-state index contributed by atoms with van der Waals surface area (Å²) in [6, 6.07) is 8.82. The lowest BCUT2D eigenvalue weighted by Gasteiger charge is -2.07. The number of fused-ring (bicyclic) bond motifs is 1. The second-order valence-electron chi connectivity index (χ2n) is 6.18. The smallest absolute Gasteiger partial charge is 0.276 e. The second-order valence-corrected chi connectivity index (χ2v) is 7.44. The van der Waals surface area contributed by atoms with Crippen LogP contribution in [0.25, 0.3) is 17.0 Å². The molecule has 1 amide bonds. The van der Waals surface area contributed by atoms with Gasteiger partial charge in [-0.25, -0.2) is 9.50 Å². The zero-order chi connectivity index (χ0) is 19.8. The maximum atomic E-state index is 12.7. The van der Waals surface area contributed by atoms with Gasteiger partial charge < -0.3 is 5.32 Å². The molecular formula is C19H16BrClN6O. The molecule has 0 fully saturated rings. The Balaban J connectivity index is 1.73.